The molecule has 0 bridgehead atoms. The molecule has 0 aromatic carbocycles. The van der Waals surface area contributed by atoms with Gasteiger partial charge >= 0.3 is 0 Å². The van der Waals surface area contributed by atoms with Gasteiger partial charge in [-0.15, -0.1) is 0 Å². The summed E-state index contributed by atoms with van der Waals surface area (Å²) in [6.07, 6.45) is 4.16. The molecule has 1 saturated carbocycles. The zero-order valence-electron chi connectivity index (χ0n) is 12.7. The topological polar surface area (TPSA) is 76.3 Å². The van der Waals surface area contributed by atoms with Crippen molar-refractivity contribution in [3.05, 3.63) is 11.8 Å². The molecule has 2 fully saturated rings. The van der Waals surface area contributed by atoms with Gasteiger partial charge in [0.05, 0.1) is 13.2 Å². The van der Waals surface area contributed by atoms with Gasteiger partial charge in [0.15, 0.2) is 0 Å². The van der Waals surface area contributed by atoms with Crippen LogP contribution in [-0.4, -0.2) is 48.4 Å². The zero-order valence-corrected chi connectivity index (χ0v) is 12.7. The summed E-state index contributed by atoms with van der Waals surface area (Å²) < 4.78 is 5.40. The fraction of sp³-hybridized carbons (Fsp3) is 0.733. The number of nitrogens with zero attached hydrogens (tertiary/aromatic N) is 3. The quantitative estimate of drug-likeness (QED) is 0.867. The molecule has 2 aliphatic rings. The van der Waals surface area contributed by atoms with E-state index < -0.39 is 0 Å². The normalized spacial score (nSPS) is 26.1. The van der Waals surface area contributed by atoms with Crippen molar-refractivity contribution in [1.29, 1.82) is 0 Å². The SMILES string of the molecule is CCc1cc(N[C@@H]2CC[C@@H](N)C2)nc(N2CCOCC2)n1. The molecular weight excluding hydrogens is 266 g/mol. The molecule has 116 valence electrons. The van der Waals surface area contributed by atoms with Crippen LogP contribution in [0, 0.1) is 0 Å². The van der Waals surface area contributed by atoms with Crippen LogP contribution in [0.3, 0.4) is 0 Å². The number of aryl methyl sites for hydroxylation is 1. The number of morpholine rings is 1. The number of ether oxygens (including phenoxy) is 1. The summed E-state index contributed by atoms with van der Waals surface area (Å²) in [6, 6.07) is 2.83. The number of rotatable bonds is 4. The lowest BCUT2D eigenvalue weighted by atomic mass is 10.2. The van der Waals surface area contributed by atoms with Gasteiger partial charge in [0.1, 0.15) is 5.82 Å². The van der Waals surface area contributed by atoms with Crippen LogP contribution in [0.25, 0.3) is 0 Å². The molecule has 1 saturated heterocycles. The number of nitrogens with one attached hydrogen (secondary N) is 1. The molecule has 6 heteroatoms. The van der Waals surface area contributed by atoms with Crippen molar-refractivity contribution >= 4 is 11.8 Å². The summed E-state index contributed by atoms with van der Waals surface area (Å²) in [5, 5.41) is 3.54. The van der Waals surface area contributed by atoms with E-state index >= 15 is 0 Å². The highest BCUT2D eigenvalue weighted by atomic mass is 16.5. The summed E-state index contributed by atoms with van der Waals surface area (Å²) in [7, 11) is 0. The first kappa shape index (κ1) is 14.5. The molecule has 3 rings (SSSR count). The Balaban J connectivity index is 1.75. The average Bonchev–Trinajstić information content (AvgIpc) is 2.93. The van der Waals surface area contributed by atoms with Crippen LogP contribution in [0.4, 0.5) is 11.8 Å². The summed E-state index contributed by atoms with van der Waals surface area (Å²) in [4.78, 5) is 11.6. The highest BCUT2D eigenvalue weighted by Crippen LogP contribution is 2.23. The van der Waals surface area contributed by atoms with Gasteiger partial charge in [0, 0.05) is 36.9 Å². The molecule has 0 radical (unpaired) electrons. The maximum Gasteiger partial charge on any atom is 0.227 e. The summed E-state index contributed by atoms with van der Waals surface area (Å²) in [6.45, 7) is 5.35. The minimum Gasteiger partial charge on any atom is -0.378 e. The van der Waals surface area contributed by atoms with E-state index in [9.17, 15) is 0 Å². The minimum absolute atomic E-state index is 0.327. The van der Waals surface area contributed by atoms with Crippen molar-refractivity contribution in [2.75, 3.05) is 36.5 Å². The first-order valence-corrected chi connectivity index (χ1v) is 7.97. The Hall–Kier alpha value is -1.40. The molecule has 21 heavy (non-hydrogen) atoms. The number of nitrogens with two attached hydrogens (primary N) is 1. The standard InChI is InChI=1S/C15H25N5O/c1-2-12-10-14(17-13-4-3-11(16)9-13)19-15(18-12)20-5-7-21-8-6-20/h10-11,13H,2-9,16H2,1H3,(H,17,18,19)/t11-,13-/m1/s1. The fourth-order valence-electron chi connectivity index (χ4n) is 3.00. The molecule has 0 unspecified atom stereocenters. The van der Waals surface area contributed by atoms with Gasteiger partial charge in [-0.05, 0) is 25.7 Å². The van der Waals surface area contributed by atoms with E-state index in [0.29, 0.717) is 12.1 Å². The largest absolute Gasteiger partial charge is 0.378 e. The predicted molar refractivity (Wildman–Crippen MR) is 83.7 cm³/mol. The van der Waals surface area contributed by atoms with Gasteiger partial charge in [-0.2, -0.15) is 4.98 Å². The van der Waals surface area contributed by atoms with E-state index in [1.165, 1.54) is 0 Å². The fourth-order valence-corrected chi connectivity index (χ4v) is 3.00. The van der Waals surface area contributed by atoms with Crippen molar-refractivity contribution in [1.82, 2.24) is 9.97 Å². The molecule has 1 aromatic rings. The van der Waals surface area contributed by atoms with Gasteiger partial charge in [-0.1, -0.05) is 6.92 Å². The van der Waals surface area contributed by atoms with Gasteiger partial charge in [0.25, 0.3) is 0 Å². The Labute approximate surface area is 126 Å². The summed E-state index contributed by atoms with van der Waals surface area (Å²) >= 11 is 0. The van der Waals surface area contributed by atoms with Crippen LogP contribution in [-0.2, 0) is 11.2 Å². The lowest BCUT2D eigenvalue weighted by molar-refractivity contribution is 0.122. The second kappa shape index (κ2) is 6.58. The third-order valence-corrected chi connectivity index (χ3v) is 4.25. The van der Waals surface area contributed by atoms with Crippen LogP contribution in [0.5, 0.6) is 0 Å². The second-order valence-electron chi connectivity index (χ2n) is 5.91. The van der Waals surface area contributed by atoms with E-state index in [1.807, 2.05) is 0 Å². The Bertz CT molecular complexity index is 475. The van der Waals surface area contributed by atoms with Crippen molar-refractivity contribution < 1.29 is 4.74 Å². The van der Waals surface area contributed by atoms with E-state index in [2.05, 4.69) is 28.2 Å². The highest BCUT2D eigenvalue weighted by molar-refractivity contribution is 5.45. The molecular formula is C15H25N5O. The molecule has 3 N–H and O–H groups in total. The van der Waals surface area contributed by atoms with E-state index in [4.69, 9.17) is 15.5 Å². The van der Waals surface area contributed by atoms with Crippen LogP contribution in [0.2, 0.25) is 0 Å². The predicted octanol–water partition coefficient (Wildman–Crippen LogP) is 1.17. The molecule has 0 spiro atoms. The van der Waals surface area contributed by atoms with E-state index in [0.717, 1.165) is 69.4 Å². The molecule has 1 aliphatic heterocycles. The summed E-state index contributed by atoms with van der Waals surface area (Å²) in [5.41, 5.74) is 7.07. The molecule has 6 nitrogen and oxygen atoms in total. The average molecular weight is 291 g/mol. The Morgan fingerprint density at radius 2 is 2.14 bits per heavy atom. The van der Waals surface area contributed by atoms with Crippen molar-refractivity contribution in [2.24, 2.45) is 5.73 Å². The highest BCUT2D eigenvalue weighted by Gasteiger charge is 2.22. The van der Waals surface area contributed by atoms with Crippen LogP contribution < -0.4 is 16.0 Å². The van der Waals surface area contributed by atoms with Gasteiger partial charge in [-0.25, -0.2) is 4.98 Å². The van der Waals surface area contributed by atoms with Crippen molar-refractivity contribution in [3.63, 3.8) is 0 Å². The third kappa shape index (κ3) is 3.63. The van der Waals surface area contributed by atoms with Crippen molar-refractivity contribution in [3.8, 4) is 0 Å². The van der Waals surface area contributed by atoms with Crippen molar-refractivity contribution in [2.45, 2.75) is 44.7 Å². The summed E-state index contributed by atoms with van der Waals surface area (Å²) in [5.74, 6) is 1.75. The smallest absolute Gasteiger partial charge is 0.227 e. The number of hydrogen-bond acceptors (Lipinski definition) is 6. The minimum atomic E-state index is 0.327. The molecule has 2 atom stereocenters. The zero-order chi connectivity index (χ0) is 14.7. The van der Waals surface area contributed by atoms with E-state index in [1.54, 1.807) is 0 Å². The van der Waals surface area contributed by atoms with Crippen LogP contribution >= 0.6 is 0 Å². The van der Waals surface area contributed by atoms with Gasteiger partial charge in [-0.3, -0.25) is 0 Å². The molecule has 1 aromatic heterocycles. The monoisotopic (exact) mass is 291 g/mol. The molecule has 1 aliphatic carbocycles. The number of hydrogen-bond donors (Lipinski definition) is 2. The number of aromatic nitrogens is 2. The Morgan fingerprint density at radius 1 is 1.33 bits per heavy atom. The Morgan fingerprint density at radius 3 is 2.81 bits per heavy atom. The first-order chi connectivity index (χ1) is 10.2. The number of anilines is 2. The Kier molecular flexibility index (Phi) is 4.55. The maximum atomic E-state index is 5.99. The van der Waals surface area contributed by atoms with E-state index in [-0.39, 0.29) is 0 Å². The third-order valence-electron chi connectivity index (χ3n) is 4.25. The van der Waals surface area contributed by atoms with Gasteiger partial charge in [0.2, 0.25) is 5.95 Å². The maximum absolute atomic E-state index is 5.99. The lowest BCUT2D eigenvalue weighted by Gasteiger charge is -2.27. The molecule has 2 heterocycles. The first-order valence-electron chi connectivity index (χ1n) is 7.97. The second-order valence-corrected chi connectivity index (χ2v) is 5.91. The van der Waals surface area contributed by atoms with Gasteiger partial charge < -0.3 is 20.7 Å². The lowest BCUT2D eigenvalue weighted by Crippen LogP contribution is -2.37. The molecule has 0 amide bonds. The van der Waals surface area contributed by atoms with Crippen LogP contribution in [0.15, 0.2) is 6.07 Å². The van der Waals surface area contributed by atoms with Crippen LogP contribution in [0.1, 0.15) is 31.9 Å².